The van der Waals surface area contributed by atoms with Crippen molar-refractivity contribution in [2.45, 2.75) is 64.6 Å². The van der Waals surface area contributed by atoms with Gasteiger partial charge >= 0.3 is 0 Å². The summed E-state index contributed by atoms with van der Waals surface area (Å²) in [6, 6.07) is 22.1. The predicted molar refractivity (Wildman–Crippen MR) is 145 cm³/mol. The average Bonchev–Trinajstić information content (AvgIpc) is 3.49. The minimum absolute atomic E-state index is 0.186. The number of fused-ring (bicyclic) bond motifs is 1. The van der Waals surface area contributed by atoms with E-state index in [4.69, 9.17) is 9.47 Å². The van der Waals surface area contributed by atoms with Crippen molar-refractivity contribution in [1.82, 2.24) is 9.97 Å². The summed E-state index contributed by atoms with van der Waals surface area (Å²) in [7, 11) is 0. The van der Waals surface area contributed by atoms with Crippen LogP contribution >= 0.6 is 0 Å². The monoisotopic (exact) mass is 494 g/mol. The number of H-pyrrole nitrogens is 1. The summed E-state index contributed by atoms with van der Waals surface area (Å²) in [5, 5.41) is 0. The summed E-state index contributed by atoms with van der Waals surface area (Å²) in [5.74, 6) is 2.86. The van der Waals surface area contributed by atoms with Gasteiger partial charge in [-0.3, -0.25) is 4.79 Å². The lowest BCUT2D eigenvalue weighted by Gasteiger charge is -2.32. The number of Topliss-reactive ketones (excluding diaryl/α,β-unsaturated/α-hetero) is 1. The first-order valence-electron chi connectivity index (χ1n) is 13.1. The summed E-state index contributed by atoms with van der Waals surface area (Å²) < 4.78 is 13.4. The molecule has 4 aromatic rings. The smallest absolute Gasteiger partial charge is 0.188 e. The zero-order valence-corrected chi connectivity index (χ0v) is 21.8. The van der Waals surface area contributed by atoms with Crippen molar-refractivity contribution in [3.05, 3.63) is 113 Å². The van der Waals surface area contributed by atoms with E-state index in [1.165, 1.54) is 5.56 Å². The van der Waals surface area contributed by atoms with E-state index in [1.54, 1.807) is 12.4 Å². The molecule has 0 saturated heterocycles. The molecular weight excluding hydrogens is 460 g/mol. The van der Waals surface area contributed by atoms with Crippen LogP contribution in [0.3, 0.4) is 0 Å². The van der Waals surface area contributed by atoms with Crippen molar-refractivity contribution < 1.29 is 14.3 Å². The number of ketones is 1. The quantitative estimate of drug-likeness (QED) is 0.264. The van der Waals surface area contributed by atoms with Gasteiger partial charge in [-0.25, -0.2) is 4.98 Å². The van der Waals surface area contributed by atoms with Gasteiger partial charge in [0, 0.05) is 35.5 Å². The highest BCUT2D eigenvalue weighted by molar-refractivity contribution is 5.99. The number of imidazole rings is 1. The normalized spacial score (nSPS) is 15.5. The van der Waals surface area contributed by atoms with Gasteiger partial charge in [-0.2, -0.15) is 0 Å². The van der Waals surface area contributed by atoms with Crippen molar-refractivity contribution in [2.75, 3.05) is 0 Å². The number of nitrogens with zero attached hydrogens (tertiary/aromatic N) is 1. The molecule has 5 heteroatoms. The van der Waals surface area contributed by atoms with E-state index in [9.17, 15) is 4.79 Å². The molecule has 37 heavy (non-hydrogen) atoms. The molecule has 0 bridgehead atoms. The highest BCUT2D eigenvalue weighted by Crippen LogP contribution is 2.39. The maximum Gasteiger partial charge on any atom is 0.188 e. The van der Waals surface area contributed by atoms with Crippen molar-refractivity contribution >= 4 is 5.78 Å². The molecule has 5 rings (SSSR count). The molecule has 1 unspecified atom stereocenters. The van der Waals surface area contributed by atoms with E-state index in [1.807, 2.05) is 61.5 Å². The van der Waals surface area contributed by atoms with Crippen LogP contribution in [0.5, 0.6) is 11.5 Å². The molecule has 5 nitrogen and oxygen atoms in total. The Labute approximate surface area is 218 Å². The van der Waals surface area contributed by atoms with Gasteiger partial charge in [-0.15, -0.1) is 0 Å². The van der Waals surface area contributed by atoms with Crippen LogP contribution in [0, 0.1) is 0 Å². The molecule has 2 atom stereocenters. The van der Waals surface area contributed by atoms with Crippen molar-refractivity contribution in [2.24, 2.45) is 0 Å². The number of carbonyl (C=O) groups is 1. The Kier molecular flexibility index (Phi) is 7.13. The molecule has 190 valence electrons. The van der Waals surface area contributed by atoms with Crippen LogP contribution in [0.2, 0.25) is 0 Å². The second-order valence-electron chi connectivity index (χ2n) is 9.92. The van der Waals surface area contributed by atoms with Gasteiger partial charge in [-0.1, -0.05) is 62.4 Å². The van der Waals surface area contributed by atoms with Gasteiger partial charge in [0.1, 0.15) is 18.1 Å². The molecule has 1 heterocycles. The Morgan fingerprint density at radius 3 is 2.54 bits per heavy atom. The number of hydrogen-bond donors (Lipinski definition) is 1. The number of rotatable bonds is 9. The second kappa shape index (κ2) is 10.6. The van der Waals surface area contributed by atoms with Gasteiger partial charge in [0.05, 0.1) is 0 Å². The van der Waals surface area contributed by atoms with Gasteiger partial charge in [-0.05, 0) is 61.4 Å². The maximum absolute atomic E-state index is 12.8. The van der Waals surface area contributed by atoms with Gasteiger partial charge < -0.3 is 14.5 Å². The standard InChI is InChI=1S/C32H34N2O3/c1-4-22(2)24-13-8-9-16-29(24)36-21-27-25-14-10-15-28(35)26(25)17-18-30(27)37-32(3,31-33-19-20-34-31)23-11-6-5-7-12-23/h5-9,11-13,16-20,22H,4,10,14-15,21H2,1-3H3,(H,33,34)/t22?,32-/m0/s1. The summed E-state index contributed by atoms with van der Waals surface area (Å²) in [4.78, 5) is 20.6. The lowest BCUT2D eigenvalue weighted by molar-refractivity contribution is 0.0970. The molecule has 0 aliphatic heterocycles. The summed E-state index contributed by atoms with van der Waals surface area (Å²) >= 11 is 0. The molecule has 0 spiro atoms. The Bertz CT molecular complexity index is 1360. The molecule has 1 N–H and O–H groups in total. The number of nitrogens with one attached hydrogen (secondary N) is 1. The topological polar surface area (TPSA) is 64.2 Å². The Hall–Kier alpha value is -3.86. The zero-order chi connectivity index (χ0) is 25.8. The van der Waals surface area contributed by atoms with E-state index in [0.717, 1.165) is 47.3 Å². The zero-order valence-electron chi connectivity index (χ0n) is 21.8. The highest BCUT2D eigenvalue weighted by Gasteiger charge is 2.36. The summed E-state index contributed by atoms with van der Waals surface area (Å²) in [6.45, 7) is 6.75. The molecule has 0 radical (unpaired) electrons. The number of aromatic nitrogens is 2. The van der Waals surface area contributed by atoms with Crippen molar-refractivity contribution in [3.63, 3.8) is 0 Å². The Morgan fingerprint density at radius 1 is 1.00 bits per heavy atom. The average molecular weight is 495 g/mol. The molecule has 1 aliphatic rings. The van der Waals surface area contributed by atoms with Crippen LogP contribution in [-0.4, -0.2) is 15.8 Å². The van der Waals surface area contributed by atoms with Crippen LogP contribution in [0.25, 0.3) is 0 Å². The lowest BCUT2D eigenvalue weighted by Crippen LogP contribution is -2.33. The lowest BCUT2D eigenvalue weighted by atomic mass is 9.86. The number of hydrogen-bond acceptors (Lipinski definition) is 4. The third-order valence-corrected chi connectivity index (χ3v) is 7.54. The first-order valence-corrected chi connectivity index (χ1v) is 13.1. The fourth-order valence-corrected chi connectivity index (χ4v) is 5.17. The maximum atomic E-state index is 12.8. The Morgan fingerprint density at radius 2 is 1.78 bits per heavy atom. The van der Waals surface area contributed by atoms with Crippen LogP contribution in [0.15, 0.2) is 79.1 Å². The fourth-order valence-electron chi connectivity index (χ4n) is 5.17. The predicted octanol–water partition coefficient (Wildman–Crippen LogP) is 7.36. The molecule has 0 saturated carbocycles. The largest absolute Gasteiger partial charge is 0.488 e. The summed E-state index contributed by atoms with van der Waals surface area (Å²) in [6.07, 6.45) is 6.82. The van der Waals surface area contributed by atoms with Crippen LogP contribution in [0.1, 0.15) is 84.4 Å². The van der Waals surface area contributed by atoms with Crippen molar-refractivity contribution in [3.8, 4) is 11.5 Å². The van der Waals surface area contributed by atoms with Gasteiger partial charge in [0.2, 0.25) is 0 Å². The number of para-hydroxylation sites is 1. The molecule has 3 aromatic carbocycles. The first kappa shape index (κ1) is 24.8. The number of benzene rings is 3. The number of carbonyl (C=O) groups excluding carboxylic acids is 1. The molecule has 1 aliphatic carbocycles. The first-order chi connectivity index (χ1) is 18.0. The molecule has 1 aromatic heterocycles. The van der Waals surface area contributed by atoms with E-state index in [2.05, 4.69) is 35.9 Å². The van der Waals surface area contributed by atoms with E-state index < -0.39 is 5.60 Å². The minimum Gasteiger partial charge on any atom is -0.488 e. The third-order valence-electron chi connectivity index (χ3n) is 7.54. The number of ether oxygens (including phenoxy) is 2. The summed E-state index contributed by atoms with van der Waals surface area (Å²) in [5.41, 5.74) is 4.06. The number of aromatic amines is 1. The van der Waals surface area contributed by atoms with E-state index in [-0.39, 0.29) is 5.78 Å². The van der Waals surface area contributed by atoms with Crippen LogP contribution < -0.4 is 9.47 Å². The molecule has 0 fully saturated rings. The Balaban J connectivity index is 1.57. The second-order valence-corrected chi connectivity index (χ2v) is 9.92. The highest BCUT2D eigenvalue weighted by atomic mass is 16.5. The fraction of sp³-hybridized carbons (Fsp3) is 0.312. The molecular formula is C32H34N2O3. The SMILES string of the molecule is CCC(C)c1ccccc1OCc1c(O[C@@](C)(c2ccccc2)c2ncc[nH]2)ccc2c1CCCC2=O. The van der Waals surface area contributed by atoms with Crippen molar-refractivity contribution in [1.29, 1.82) is 0 Å². The van der Waals surface area contributed by atoms with Crippen LogP contribution in [0.4, 0.5) is 0 Å². The van der Waals surface area contributed by atoms with E-state index >= 15 is 0 Å². The van der Waals surface area contributed by atoms with E-state index in [0.29, 0.717) is 30.5 Å². The van der Waals surface area contributed by atoms with Gasteiger partial charge in [0.25, 0.3) is 0 Å². The third kappa shape index (κ3) is 4.91. The minimum atomic E-state index is -0.860. The van der Waals surface area contributed by atoms with Gasteiger partial charge in [0.15, 0.2) is 17.2 Å². The molecule has 0 amide bonds. The van der Waals surface area contributed by atoms with Crippen LogP contribution in [-0.2, 0) is 18.6 Å².